The molecular formula is C19H14N4O10S. The van der Waals surface area contributed by atoms with Gasteiger partial charge in [-0.15, -0.1) is 0 Å². The lowest BCUT2D eigenvalue weighted by Crippen LogP contribution is -2.14. The summed E-state index contributed by atoms with van der Waals surface area (Å²) >= 11 is 0. The second-order valence-electron chi connectivity index (χ2n) is 6.39. The maximum absolute atomic E-state index is 12.6. The molecule has 3 aromatic rings. The van der Waals surface area contributed by atoms with Crippen LogP contribution in [0.15, 0.2) is 52.2 Å². The molecule has 0 bridgehead atoms. The molecule has 15 heteroatoms. The third kappa shape index (κ3) is 4.99. The van der Waals surface area contributed by atoms with Crippen LogP contribution in [-0.4, -0.2) is 40.4 Å². The lowest BCUT2D eigenvalue weighted by Gasteiger charge is -2.11. The molecule has 0 aliphatic heterocycles. The number of benzene rings is 2. The van der Waals surface area contributed by atoms with E-state index in [4.69, 9.17) is 8.92 Å². The second kappa shape index (κ2) is 9.37. The zero-order chi connectivity index (χ0) is 25.0. The van der Waals surface area contributed by atoms with Crippen LogP contribution in [0.25, 0.3) is 12.2 Å². The molecule has 0 fully saturated rings. The number of methoxy groups -OCH3 is 1. The molecule has 2 aromatic carbocycles. The van der Waals surface area contributed by atoms with E-state index in [1.165, 1.54) is 49.6 Å². The maximum atomic E-state index is 12.6. The molecule has 1 heterocycles. The Balaban J connectivity index is 1.91. The van der Waals surface area contributed by atoms with Crippen molar-refractivity contribution in [3.05, 3.63) is 84.4 Å². The number of aromatic amines is 1. The molecular weight excluding hydrogens is 476 g/mol. The van der Waals surface area contributed by atoms with E-state index in [2.05, 4.69) is 9.97 Å². The second-order valence-corrected chi connectivity index (χ2v) is 7.90. The number of nitrogens with zero attached hydrogens (tertiary/aromatic N) is 3. The van der Waals surface area contributed by atoms with Crippen LogP contribution in [0.5, 0.6) is 17.4 Å². The number of para-hydroxylation sites is 1. The van der Waals surface area contributed by atoms with Gasteiger partial charge in [-0.25, -0.2) is 0 Å². The van der Waals surface area contributed by atoms with Crippen molar-refractivity contribution in [3.8, 4) is 17.4 Å². The molecule has 1 aromatic heterocycles. The van der Waals surface area contributed by atoms with Crippen molar-refractivity contribution in [2.75, 3.05) is 7.11 Å². The van der Waals surface area contributed by atoms with Crippen LogP contribution in [-0.2, 0) is 10.1 Å². The summed E-state index contributed by atoms with van der Waals surface area (Å²) in [6, 6.07) is 8.65. The molecule has 3 rings (SSSR count). The first-order valence-electron chi connectivity index (χ1n) is 9.05. The average molecular weight is 490 g/mol. The first kappa shape index (κ1) is 23.9. The van der Waals surface area contributed by atoms with E-state index in [0.717, 1.165) is 12.1 Å². The van der Waals surface area contributed by atoms with Gasteiger partial charge in [0.1, 0.15) is 5.82 Å². The fourth-order valence-corrected chi connectivity index (χ4v) is 3.84. The SMILES string of the molecule is COc1cc(/C=C/c2nc(O)c([N+](=O)[O-])c(=O)[nH]2)ccc1OS(=O)(=O)c1ccccc1[N+](=O)[O-]. The first-order valence-corrected chi connectivity index (χ1v) is 10.5. The van der Waals surface area contributed by atoms with Crippen molar-refractivity contribution in [1.29, 1.82) is 0 Å². The molecule has 0 aliphatic carbocycles. The number of aromatic hydroxyl groups is 1. The van der Waals surface area contributed by atoms with Gasteiger partial charge >= 0.3 is 21.4 Å². The number of nitrogens with one attached hydrogen (secondary N) is 1. The van der Waals surface area contributed by atoms with Crippen LogP contribution in [0.1, 0.15) is 11.4 Å². The van der Waals surface area contributed by atoms with Crippen molar-refractivity contribution in [2.24, 2.45) is 0 Å². The zero-order valence-corrected chi connectivity index (χ0v) is 17.9. The number of aromatic nitrogens is 2. The number of ether oxygens (including phenoxy) is 1. The zero-order valence-electron chi connectivity index (χ0n) is 17.1. The quantitative estimate of drug-likeness (QED) is 0.266. The average Bonchev–Trinajstić information content (AvgIpc) is 2.77. The lowest BCUT2D eigenvalue weighted by molar-refractivity contribution is -0.388. The molecule has 2 N–H and O–H groups in total. The van der Waals surface area contributed by atoms with Crippen LogP contribution in [0.2, 0.25) is 0 Å². The van der Waals surface area contributed by atoms with Gasteiger partial charge < -0.3 is 19.0 Å². The molecule has 0 unspecified atom stereocenters. The molecule has 0 atom stereocenters. The summed E-state index contributed by atoms with van der Waals surface area (Å²) in [6.07, 6.45) is 2.61. The maximum Gasteiger partial charge on any atom is 0.395 e. The number of nitro benzene ring substituents is 1. The number of nitro groups is 2. The number of H-pyrrole nitrogens is 1. The minimum Gasteiger partial charge on any atom is -0.493 e. The molecule has 176 valence electrons. The van der Waals surface area contributed by atoms with Crippen LogP contribution in [0, 0.1) is 20.2 Å². The Morgan fingerprint density at radius 2 is 1.76 bits per heavy atom. The van der Waals surface area contributed by atoms with Gasteiger partial charge in [0.15, 0.2) is 16.4 Å². The van der Waals surface area contributed by atoms with E-state index >= 15 is 0 Å². The third-order valence-electron chi connectivity index (χ3n) is 4.23. The standard InChI is InChI=1S/C19H14N4O10S/c1-32-14-10-11(7-9-16-20-18(24)17(23(28)29)19(25)21-16)6-8-13(14)33-34(30,31)15-5-3-2-4-12(15)22(26)27/h2-10H,1H3,(H2,20,21,24,25)/b9-7+. The number of hydrogen-bond acceptors (Lipinski definition) is 11. The van der Waals surface area contributed by atoms with Crippen LogP contribution < -0.4 is 14.5 Å². The largest absolute Gasteiger partial charge is 0.493 e. The Hall–Kier alpha value is -4.79. The molecule has 0 saturated heterocycles. The van der Waals surface area contributed by atoms with E-state index in [0.29, 0.717) is 5.56 Å². The topological polar surface area (TPSA) is 205 Å². The smallest absolute Gasteiger partial charge is 0.395 e. The van der Waals surface area contributed by atoms with E-state index in [1.807, 2.05) is 0 Å². The Morgan fingerprint density at radius 3 is 2.38 bits per heavy atom. The highest BCUT2D eigenvalue weighted by molar-refractivity contribution is 7.87. The summed E-state index contributed by atoms with van der Waals surface area (Å²) in [5.74, 6) is -1.55. The Bertz CT molecular complexity index is 1480. The van der Waals surface area contributed by atoms with E-state index in [1.54, 1.807) is 0 Å². The van der Waals surface area contributed by atoms with Gasteiger partial charge in [-0.1, -0.05) is 24.3 Å². The molecule has 0 saturated carbocycles. The molecule has 0 spiro atoms. The predicted octanol–water partition coefficient (Wildman–Crippen LogP) is 2.24. The molecule has 0 radical (unpaired) electrons. The highest BCUT2D eigenvalue weighted by Crippen LogP contribution is 2.33. The van der Waals surface area contributed by atoms with Gasteiger partial charge in [0.05, 0.1) is 17.0 Å². The Morgan fingerprint density at radius 1 is 1.06 bits per heavy atom. The highest BCUT2D eigenvalue weighted by atomic mass is 32.2. The minimum atomic E-state index is -4.58. The minimum absolute atomic E-state index is 0.0442. The Kier molecular flexibility index (Phi) is 6.58. The first-order chi connectivity index (χ1) is 16.0. The van der Waals surface area contributed by atoms with Gasteiger partial charge in [0, 0.05) is 6.07 Å². The summed E-state index contributed by atoms with van der Waals surface area (Å²) in [5.41, 5.74) is -2.51. The van der Waals surface area contributed by atoms with Gasteiger partial charge in [-0.05, 0) is 29.8 Å². The Labute approximate surface area is 190 Å². The van der Waals surface area contributed by atoms with E-state index in [-0.39, 0.29) is 17.3 Å². The highest BCUT2D eigenvalue weighted by Gasteiger charge is 2.28. The molecule has 34 heavy (non-hydrogen) atoms. The van der Waals surface area contributed by atoms with Crippen LogP contribution >= 0.6 is 0 Å². The fraction of sp³-hybridized carbons (Fsp3) is 0.0526. The van der Waals surface area contributed by atoms with Gasteiger partial charge in [-0.3, -0.25) is 25.0 Å². The van der Waals surface area contributed by atoms with Gasteiger partial charge in [0.25, 0.3) is 11.6 Å². The van der Waals surface area contributed by atoms with Gasteiger partial charge in [0.2, 0.25) is 0 Å². The molecule has 14 nitrogen and oxygen atoms in total. The van der Waals surface area contributed by atoms with Crippen molar-refractivity contribution in [1.82, 2.24) is 9.97 Å². The predicted molar refractivity (Wildman–Crippen MR) is 116 cm³/mol. The van der Waals surface area contributed by atoms with Crippen LogP contribution in [0.4, 0.5) is 11.4 Å². The third-order valence-corrected chi connectivity index (χ3v) is 5.51. The van der Waals surface area contributed by atoms with Crippen molar-refractivity contribution in [3.63, 3.8) is 0 Å². The monoisotopic (exact) mass is 490 g/mol. The summed E-state index contributed by atoms with van der Waals surface area (Å²) < 4.78 is 35.4. The summed E-state index contributed by atoms with van der Waals surface area (Å²) in [6.45, 7) is 0. The van der Waals surface area contributed by atoms with Crippen molar-refractivity contribution >= 4 is 33.6 Å². The molecule has 0 aliphatic rings. The summed E-state index contributed by atoms with van der Waals surface area (Å²) in [7, 11) is -3.35. The van der Waals surface area contributed by atoms with Crippen molar-refractivity contribution in [2.45, 2.75) is 4.90 Å². The normalized spacial score (nSPS) is 11.3. The summed E-state index contributed by atoms with van der Waals surface area (Å²) in [4.78, 5) is 36.7. The van der Waals surface area contributed by atoms with Gasteiger partial charge in [-0.2, -0.15) is 13.4 Å². The van der Waals surface area contributed by atoms with Crippen molar-refractivity contribution < 1.29 is 32.3 Å². The summed E-state index contributed by atoms with van der Waals surface area (Å²) in [5, 5.41) is 31.5. The van der Waals surface area contributed by atoms with E-state index < -0.39 is 47.7 Å². The molecule has 0 amide bonds. The lowest BCUT2D eigenvalue weighted by atomic mass is 10.2. The van der Waals surface area contributed by atoms with E-state index in [9.17, 15) is 38.5 Å². The fourth-order valence-electron chi connectivity index (χ4n) is 2.73. The van der Waals surface area contributed by atoms with Crippen LogP contribution in [0.3, 0.4) is 0 Å². The number of rotatable bonds is 8. The number of hydrogen-bond donors (Lipinski definition) is 2.